The first-order valence-electron chi connectivity index (χ1n) is 10.8. The second-order valence-electron chi connectivity index (χ2n) is 8.35. The number of benzene rings is 2. The van der Waals surface area contributed by atoms with E-state index in [1.807, 2.05) is 19.1 Å². The van der Waals surface area contributed by atoms with Crippen molar-refractivity contribution in [2.45, 2.75) is 20.4 Å². The zero-order valence-electron chi connectivity index (χ0n) is 18.8. The fourth-order valence-corrected chi connectivity index (χ4v) is 4.36. The van der Waals surface area contributed by atoms with Crippen LogP contribution in [0.15, 0.2) is 58.2 Å². The van der Waals surface area contributed by atoms with E-state index < -0.39 is 5.69 Å². The molecule has 10 nitrogen and oxygen atoms in total. The number of rotatable bonds is 4. The number of aromatic nitrogens is 7. The van der Waals surface area contributed by atoms with E-state index in [1.54, 1.807) is 25.3 Å². The van der Waals surface area contributed by atoms with E-state index in [-0.39, 0.29) is 18.3 Å². The van der Waals surface area contributed by atoms with Crippen LogP contribution in [-0.4, -0.2) is 29.4 Å². The largest absolute Gasteiger partial charge is 0.448 e. The maximum Gasteiger partial charge on any atom is 0.411 e. The number of fused-ring (bicyclic) bond motifs is 2. The minimum absolute atomic E-state index is 0.0947. The number of nitrogens with zero attached hydrogens (tertiary/aromatic N) is 5. The van der Waals surface area contributed by atoms with Gasteiger partial charge in [0, 0.05) is 10.9 Å². The second-order valence-corrected chi connectivity index (χ2v) is 8.35. The highest BCUT2D eigenvalue weighted by atomic mass is 19.1. The maximum atomic E-state index is 13.7. The molecule has 4 aromatic heterocycles. The van der Waals surface area contributed by atoms with E-state index in [0.29, 0.717) is 33.9 Å². The Morgan fingerprint density at radius 3 is 2.71 bits per heavy atom. The second kappa shape index (κ2) is 7.62. The molecule has 0 saturated carbocycles. The van der Waals surface area contributed by atoms with Crippen LogP contribution in [0.4, 0.5) is 10.3 Å². The summed E-state index contributed by atoms with van der Waals surface area (Å²) in [5.74, 6) is 0.336. The van der Waals surface area contributed by atoms with Crippen LogP contribution in [0.2, 0.25) is 0 Å². The molecule has 0 saturated heterocycles. The van der Waals surface area contributed by atoms with Crippen LogP contribution in [0, 0.1) is 19.7 Å². The average Bonchev–Trinajstić information content (AvgIpc) is 3.55. The predicted molar refractivity (Wildman–Crippen MR) is 126 cm³/mol. The number of H-pyrrole nitrogens is 2. The molecule has 0 aliphatic rings. The fourth-order valence-electron chi connectivity index (χ4n) is 4.36. The van der Waals surface area contributed by atoms with Gasteiger partial charge in [0.15, 0.2) is 6.39 Å². The van der Waals surface area contributed by atoms with Crippen LogP contribution in [0.3, 0.4) is 0 Å². The summed E-state index contributed by atoms with van der Waals surface area (Å²) >= 11 is 0. The van der Waals surface area contributed by atoms with E-state index in [4.69, 9.17) is 10.2 Å². The summed E-state index contributed by atoms with van der Waals surface area (Å²) in [6.45, 7) is 3.86. The van der Waals surface area contributed by atoms with Gasteiger partial charge in [-0.25, -0.2) is 19.2 Å². The molecule has 0 aliphatic heterocycles. The monoisotopic (exact) mass is 471 g/mol. The highest BCUT2D eigenvalue weighted by Crippen LogP contribution is 2.35. The number of nitrogen functional groups attached to an aromatic ring is 1. The minimum atomic E-state index is -0.427. The normalized spacial score (nSPS) is 11.6. The fraction of sp³-hybridized carbons (Fsp3) is 0.125. The van der Waals surface area contributed by atoms with Crippen LogP contribution in [-0.2, 0) is 6.54 Å². The third kappa shape index (κ3) is 3.28. The number of oxazole rings is 1. The third-order valence-electron chi connectivity index (χ3n) is 6.12. The van der Waals surface area contributed by atoms with Crippen molar-refractivity contribution in [2.75, 3.05) is 5.73 Å². The highest BCUT2D eigenvalue weighted by Gasteiger charge is 2.26. The lowest BCUT2D eigenvalue weighted by Crippen LogP contribution is -2.28. The van der Waals surface area contributed by atoms with Gasteiger partial charge in [0.05, 0.1) is 23.8 Å². The van der Waals surface area contributed by atoms with Crippen molar-refractivity contribution in [1.82, 2.24) is 29.4 Å². The van der Waals surface area contributed by atoms with Gasteiger partial charge in [0.25, 0.3) is 0 Å². The molecule has 0 amide bonds. The van der Waals surface area contributed by atoms with Gasteiger partial charge in [0.2, 0.25) is 5.65 Å². The molecular formula is C24H20FN8O2+. The number of aromatic amines is 2. The van der Waals surface area contributed by atoms with Crippen LogP contribution < -0.4 is 16.4 Å². The summed E-state index contributed by atoms with van der Waals surface area (Å²) in [5.41, 5.74) is 11.5. The molecule has 4 heterocycles. The Labute approximate surface area is 196 Å². The molecule has 4 N–H and O–H groups in total. The van der Waals surface area contributed by atoms with Crippen LogP contribution in [0.25, 0.3) is 38.9 Å². The van der Waals surface area contributed by atoms with Gasteiger partial charge in [-0.15, -0.1) is 9.50 Å². The van der Waals surface area contributed by atoms with E-state index in [0.717, 1.165) is 22.0 Å². The molecule has 35 heavy (non-hydrogen) atoms. The van der Waals surface area contributed by atoms with E-state index >= 15 is 0 Å². The average molecular weight is 471 g/mol. The number of hydrogen-bond acceptors (Lipinski definition) is 6. The van der Waals surface area contributed by atoms with Gasteiger partial charge < -0.3 is 4.42 Å². The van der Waals surface area contributed by atoms with Crippen LogP contribution in [0.1, 0.15) is 17.0 Å². The number of aryl methyl sites for hydroxylation is 2. The molecule has 11 heteroatoms. The Morgan fingerprint density at radius 2 is 1.97 bits per heavy atom. The van der Waals surface area contributed by atoms with Crippen LogP contribution >= 0.6 is 0 Å². The molecule has 174 valence electrons. The first kappa shape index (κ1) is 20.8. The molecule has 0 bridgehead atoms. The van der Waals surface area contributed by atoms with Gasteiger partial charge >= 0.3 is 11.6 Å². The molecule has 0 fully saturated rings. The van der Waals surface area contributed by atoms with Crippen molar-refractivity contribution in [3.63, 3.8) is 0 Å². The molecule has 2 aromatic carbocycles. The van der Waals surface area contributed by atoms with E-state index in [1.165, 1.54) is 27.6 Å². The molecular weight excluding hydrogens is 451 g/mol. The van der Waals surface area contributed by atoms with Crippen molar-refractivity contribution in [3.05, 3.63) is 82.3 Å². The number of nitrogens with one attached hydrogen (secondary N) is 2. The first-order chi connectivity index (χ1) is 16.9. The van der Waals surface area contributed by atoms with Crippen molar-refractivity contribution >= 4 is 22.5 Å². The predicted octanol–water partition coefficient (Wildman–Crippen LogP) is 2.89. The standard InChI is InChI=1S/C24H19FN8O2/c1-12-7-15(8-16-9-28-30-20(12)16)19-21(14-3-5-17(25)6-4-14)29-23(26)33-22(19)31-32(24(33)34)10-18-13(2)35-11-27-18/h3-9,11H,10H2,1-2H3,(H2,26,29)(H,28,30)/p+1. The van der Waals surface area contributed by atoms with Gasteiger partial charge in [-0.3, -0.25) is 10.8 Å². The zero-order valence-corrected chi connectivity index (χ0v) is 18.8. The summed E-state index contributed by atoms with van der Waals surface area (Å²) in [7, 11) is 0. The van der Waals surface area contributed by atoms with Crippen molar-refractivity contribution < 1.29 is 13.8 Å². The van der Waals surface area contributed by atoms with Crippen LogP contribution in [0.5, 0.6) is 0 Å². The lowest BCUT2D eigenvalue weighted by atomic mass is 9.97. The van der Waals surface area contributed by atoms with Crippen molar-refractivity contribution in [1.29, 1.82) is 0 Å². The summed E-state index contributed by atoms with van der Waals surface area (Å²) < 4.78 is 21.6. The zero-order chi connectivity index (χ0) is 24.3. The molecule has 0 unspecified atom stereocenters. The summed E-state index contributed by atoms with van der Waals surface area (Å²) in [4.78, 5) is 20.7. The topological polar surface area (TPSA) is 134 Å². The van der Waals surface area contributed by atoms with Gasteiger partial charge in [-0.2, -0.15) is 9.78 Å². The first-order valence-corrected chi connectivity index (χ1v) is 10.8. The number of halogens is 1. The summed E-state index contributed by atoms with van der Waals surface area (Å²) in [6, 6.07) is 9.99. The maximum absolute atomic E-state index is 13.7. The van der Waals surface area contributed by atoms with E-state index in [2.05, 4.69) is 25.3 Å². The summed E-state index contributed by atoms with van der Waals surface area (Å²) in [6.07, 6.45) is 3.06. The summed E-state index contributed by atoms with van der Waals surface area (Å²) in [5, 5.41) is 12.7. The molecule has 0 radical (unpaired) electrons. The van der Waals surface area contributed by atoms with Gasteiger partial charge in [0.1, 0.15) is 23.0 Å². The molecule has 0 spiro atoms. The molecule has 6 rings (SSSR count). The molecule has 6 aromatic rings. The Morgan fingerprint density at radius 1 is 1.17 bits per heavy atom. The quantitative estimate of drug-likeness (QED) is 0.406. The SMILES string of the molecule is Cc1ocnc1Cn1nc2c(-c3cc(C)c4[nH]ncc4c3)c(-c3ccc(F)cc3)[nH+]c(N)n2c1=O. The Balaban J connectivity index is 1.68. The smallest absolute Gasteiger partial charge is 0.411 e. The van der Waals surface area contributed by atoms with E-state index in [9.17, 15) is 9.18 Å². The molecule has 0 atom stereocenters. The molecule has 0 aliphatic carbocycles. The van der Waals surface area contributed by atoms with Crippen molar-refractivity contribution in [2.24, 2.45) is 0 Å². The van der Waals surface area contributed by atoms with Gasteiger partial charge in [-0.05, 0) is 61.4 Å². The number of hydrogen-bond donors (Lipinski definition) is 2. The lowest BCUT2D eigenvalue weighted by Gasteiger charge is -2.10. The Hall–Kier alpha value is -4.80. The minimum Gasteiger partial charge on any atom is -0.448 e. The third-order valence-corrected chi connectivity index (χ3v) is 6.12. The number of nitrogens with two attached hydrogens (primary N) is 1. The number of anilines is 1. The Kier molecular flexibility index (Phi) is 4.53. The highest BCUT2D eigenvalue weighted by molar-refractivity contribution is 5.94. The van der Waals surface area contributed by atoms with Gasteiger partial charge in [-0.1, -0.05) is 0 Å². The lowest BCUT2D eigenvalue weighted by molar-refractivity contribution is -0.351. The van der Waals surface area contributed by atoms with Crippen molar-refractivity contribution in [3.8, 4) is 22.4 Å². The Bertz CT molecular complexity index is 1790.